The van der Waals surface area contributed by atoms with Gasteiger partial charge in [-0.05, 0) is 32.1 Å². The average molecular weight is 505 g/mol. The maximum Gasteiger partial charge on any atom is 0.222 e. The molecule has 2 heterocycles. The van der Waals surface area contributed by atoms with Crippen LogP contribution in [0.2, 0.25) is 0 Å². The molecule has 0 aromatic carbocycles. The Balaban J connectivity index is 0.00000392. The van der Waals surface area contributed by atoms with Crippen LogP contribution in [0.4, 0.5) is 0 Å². The van der Waals surface area contributed by atoms with Gasteiger partial charge in [0.2, 0.25) is 5.91 Å². The first-order valence-corrected chi connectivity index (χ1v) is 10.3. The van der Waals surface area contributed by atoms with E-state index in [2.05, 4.69) is 41.6 Å². The largest absolute Gasteiger partial charge is 0.359 e. The van der Waals surface area contributed by atoms with Gasteiger partial charge in [0.1, 0.15) is 0 Å². The zero-order chi connectivity index (χ0) is 19.6. The Morgan fingerprint density at radius 1 is 1.29 bits per heavy atom. The summed E-state index contributed by atoms with van der Waals surface area (Å²) >= 11 is 0. The molecular formula is C20H36IN5O2. The van der Waals surface area contributed by atoms with Gasteiger partial charge in [-0.1, -0.05) is 25.9 Å². The molecular weight excluding hydrogens is 469 g/mol. The summed E-state index contributed by atoms with van der Waals surface area (Å²) in [5.74, 6) is 2.30. The molecule has 7 nitrogen and oxygen atoms in total. The number of halogens is 1. The van der Waals surface area contributed by atoms with Crippen molar-refractivity contribution < 1.29 is 9.32 Å². The number of hydrogen-bond acceptors (Lipinski definition) is 4. The number of carbonyl (C=O) groups is 1. The zero-order valence-corrected chi connectivity index (χ0v) is 20.0. The Kier molecular flexibility index (Phi) is 11.5. The molecule has 1 aliphatic heterocycles. The molecule has 0 radical (unpaired) electrons. The van der Waals surface area contributed by atoms with Crippen molar-refractivity contribution in [3.05, 3.63) is 17.5 Å². The fourth-order valence-electron chi connectivity index (χ4n) is 3.70. The van der Waals surface area contributed by atoms with E-state index in [1.165, 1.54) is 0 Å². The second kappa shape index (κ2) is 13.0. The Labute approximate surface area is 186 Å². The number of aliphatic imine (C=N–C) groups is 1. The molecule has 0 bridgehead atoms. The molecule has 1 saturated heterocycles. The highest BCUT2D eigenvalue weighted by Gasteiger charge is 2.26. The Morgan fingerprint density at radius 3 is 2.61 bits per heavy atom. The minimum atomic E-state index is 0. The summed E-state index contributed by atoms with van der Waals surface area (Å²) in [5, 5.41) is 10.8. The summed E-state index contributed by atoms with van der Waals surface area (Å²) in [7, 11) is 1.76. The number of guanidine groups is 1. The topological polar surface area (TPSA) is 82.8 Å². The van der Waals surface area contributed by atoms with Gasteiger partial charge in [0.15, 0.2) is 11.7 Å². The second-order valence-corrected chi connectivity index (χ2v) is 7.13. The normalized spacial score (nSPS) is 15.7. The lowest BCUT2D eigenvalue weighted by Gasteiger charge is -2.27. The summed E-state index contributed by atoms with van der Waals surface area (Å²) < 4.78 is 5.44. The standard InChI is InChI=1S/C20H35N5O2.HI/c1-5-15(6-2)18-13-17(27-24-18)14-23-20(21-4)22-11-10-16(7-3)25-12-8-9-19(25)26;/h13,15-16H,5-12,14H2,1-4H3,(H2,21,22,23);1H. The number of likely N-dealkylation sites (tertiary alicyclic amines) is 1. The fraction of sp³-hybridized carbons (Fsp3) is 0.750. The summed E-state index contributed by atoms with van der Waals surface area (Å²) in [6.07, 6.45) is 5.72. The molecule has 28 heavy (non-hydrogen) atoms. The fourth-order valence-corrected chi connectivity index (χ4v) is 3.70. The van der Waals surface area contributed by atoms with Crippen LogP contribution in [-0.4, -0.2) is 48.1 Å². The van der Waals surface area contributed by atoms with Crippen LogP contribution >= 0.6 is 24.0 Å². The molecule has 1 aromatic heterocycles. The SMILES string of the molecule is CCC(CC)c1cc(CNC(=NC)NCCC(CC)N2CCCC2=O)on1.I. The van der Waals surface area contributed by atoms with E-state index in [9.17, 15) is 4.79 Å². The molecule has 2 rings (SSSR count). The van der Waals surface area contributed by atoms with E-state index in [4.69, 9.17) is 4.52 Å². The van der Waals surface area contributed by atoms with Crippen LogP contribution in [0, 0.1) is 0 Å². The monoisotopic (exact) mass is 505 g/mol. The van der Waals surface area contributed by atoms with Crippen LogP contribution in [0.1, 0.15) is 76.7 Å². The van der Waals surface area contributed by atoms with Crippen molar-refractivity contribution in [2.45, 2.75) is 77.8 Å². The lowest BCUT2D eigenvalue weighted by Crippen LogP contribution is -2.41. The van der Waals surface area contributed by atoms with Crippen molar-refractivity contribution in [3.8, 4) is 0 Å². The highest BCUT2D eigenvalue weighted by Crippen LogP contribution is 2.22. The van der Waals surface area contributed by atoms with E-state index in [0.717, 1.165) is 62.6 Å². The number of nitrogens with one attached hydrogen (secondary N) is 2. The van der Waals surface area contributed by atoms with Crippen LogP contribution in [0.3, 0.4) is 0 Å². The molecule has 160 valence electrons. The molecule has 1 fully saturated rings. The molecule has 2 N–H and O–H groups in total. The van der Waals surface area contributed by atoms with Gasteiger partial charge in [-0.15, -0.1) is 24.0 Å². The van der Waals surface area contributed by atoms with E-state index in [1.54, 1.807) is 7.05 Å². The third-order valence-electron chi connectivity index (χ3n) is 5.43. The van der Waals surface area contributed by atoms with Gasteiger partial charge >= 0.3 is 0 Å². The summed E-state index contributed by atoms with van der Waals surface area (Å²) in [6, 6.07) is 2.34. The Morgan fingerprint density at radius 2 is 2.04 bits per heavy atom. The summed E-state index contributed by atoms with van der Waals surface area (Å²) in [5.41, 5.74) is 1.03. The van der Waals surface area contributed by atoms with Crippen molar-refractivity contribution in [1.82, 2.24) is 20.7 Å². The van der Waals surface area contributed by atoms with Crippen LogP contribution in [0.15, 0.2) is 15.6 Å². The third-order valence-corrected chi connectivity index (χ3v) is 5.43. The van der Waals surface area contributed by atoms with Crippen molar-refractivity contribution in [2.24, 2.45) is 4.99 Å². The van der Waals surface area contributed by atoms with Crippen LogP contribution in [0.5, 0.6) is 0 Å². The van der Waals surface area contributed by atoms with Gasteiger partial charge in [0, 0.05) is 44.6 Å². The molecule has 1 aromatic rings. The van der Waals surface area contributed by atoms with Crippen LogP contribution < -0.4 is 10.6 Å². The number of hydrogen-bond donors (Lipinski definition) is 2. The summed E-state index contributed by atoms with van der Waals surface area (Å²) in [4.78, 5) is 18.2. The Hall–Kier alpha value is -1.32. The highest BCUT2D eigenvalue weighted by atomic mass is 127. The third kappa shape index (κ3) is 6.93. The summed E-state index contributed by atoms with van der Waals surface area (Å²) in [6.45, 7) is 8.71. The number of nitrogens with zero attached hydrogens (tertiary/aromatic N) is 3. The van der Waals surface area contributed by atoms with Gasteiger partial charge < -0.3 is 20.1 Å². The van der Waals surface area contributed by atoms with E-state index >= 15 is 0 Å². The lowest BCUT2D eigenvalue weighted by atomic mass is 9.99. The van der Waals surface area contributed by atoms with E-state index in [0.29, 0.717) is 30.8 Å². The lowest BCUT2D eigenvalue weighted by molar-refractivity contribution is -0.129. The number of rotatable bonds is 10. The first-order chi connectivity index (χ1) is 13.1. The highest BCUT2D eigenvalue weighted by molar-refractivity contribution is 14.0. The van der Waals surface area contributed by atoms with Crippen LogP contribution in [0.25, 0.3) is 0 Å². The van der Waals surface area contributed by atoms with E-state index in [1.807, 2.05) is 11.0 Å². The van der Waals surface area contributed by atoms with E-state index < -0.39 is 0 Å². The molecule has 1 atom stereocenters. The predicted octanol–water partition coefficient (Wildman–Crippen LogP) is 3.65. The molecule has 1 amide bonds. The van der Waals surface area contributed by atoms with Crippen molar-refractivity contribution >= 4 is 35.8 Å². The van der Waals surface area contributed by atoms with Gasteiger partial charge in [0.25, 0.3) is 0 Å². The van der Waals surface area contributed by atoms with Gasteiger partial charge in [0.05, 0.1) is 12.2 Å². The maximum absolute atomic E-state index is 11.9. The van der Waals surface area contributed by atoms with E-state index in [-0.39, 0.29) is 24.0 Å². The molecule has 1 aliphatic rings. The van der Waals surface area contributed by atoms with Crippen molar-refractivity contribution in [3.63, 3.8) is 0 Å². The predicted molar refractivity (Wildman–Crippen MR) is 123 cm³/mol. The first-order valence-electron chi connectivity index (χ1n) is 10.3. The first kappa shape index (κ1) is 24.7. The van der Waals surface area contributed by atoms with Gasteiger partial charge in [-0.2, -0.15) is 0 Å². The second-order valence-electron chi connectivity index (χ2n) is 7.13. The molecule has 0 aliphatic carbocycles. The maximum atomic E-state index is 11.9. The molecule has 1 unspecified atom stereocenters. The number of amides is 1. The average Bonchev–Trinajstić information content (AvgIpc) is 3.32. The molecule has 0 saturated carbocycles. The van der Waals surface area contributed by atoms with Gasteiger partial charge in [-0.3, -0.25) is 9.79 Å². The van der Waals surface area contributed by atoms with Gasteiger partial charge in [-0.25, -0.2) is 0 Å². The Bertz CT molecular complexity index is 615. The minimum absolute atomic E-state index is 0. The number of aromatic nitrogens is 1. The number of carbonyl (C=O) groups excluding carboxylic acids is 1. The quantitative estimate of drug-likeness (QED) is 0.288. The molecule has 8 heteroatoms. The molecule has 0 spiro atoms. The smallest absolute Gasteiger partial charge is 0.222 e. The minimum Gasteiger partial charge on any atom is -0.359 e. The van der Waals surface area contributed by atoms with Crippen LogP contribution in [-0.2, 0) is 11.3 Å². The van der Waals surface area contributed by atoms with Crippen molar-refractivity contribution in [1.29, 1.82) is 0 Å². The zero-order valence-electron chi connectivity index (χ0n) is 17.7. The van der Waals surface area contributed by atoms with Crippen molar-refractivity contribution in [2.75, 3.05) is 20.1 Å².